The molecule has 0 aliphatic heterocycles. The third kappa shape index (κ3) is 5.01. The Kier molecular flexibility index (Phi) is 6.46. The highest BCUT2D eigenvalue weighted by molar-refractivity contribution is 5.94. The van der Waals surface area contributed by atoms with Crippen LogP contribution in [0.2, 0.25) is 0 Å². The van der Waals surface area contributed by atoms with Crippen molar-refractivity contribution in [3.8, 4) is 11.5 Å². The van der Waals surface area contributed by atoms with Gasteiger partial charge in [-0.2, -0.15) is 0 Å². The van der Waals surface area contributed by atoms with Crippen LogP contribution >= 0.6 is 0 Å². The number of methoxy groups -OCH3 is 2. The summed E-state index contributed by atoms with van der Waals surface area (Å²) < 4.78 is 10.5. The van der Waals surface area contributed by atoms with Crippen molar-refractivity contribution in [3.63, 3.8) is 0 Å². The van der Waals surface area contributed by atoms with Crippen molar-refractivity contribution in [2.75, 3.05) is 19.5 Å². The first kappa shape index (κ1) is 19.2. The number of amides is 1. The molecule has 0 unspecified atom stereocenters. The molecular weight excluding hydrogens is 354 g/mol. The van der Waals surface area contributed by atoms with Crippen LogP contribution in [0.4, 0.5) is 5.82 Å². The molecular formula is C22H23N3O3. The zero-order chi connectivity index (χ0) is 19.8. The van der Waals surface area contributed by atoms with Gasteiger partial charge in [-0.15, -0.1) is 0 Å². The van der Waals surface area contributed by atoms with Gasteiger partial charge < -0.3 is 20.1 Å². The molecule has 0 saturated carbocycles. The second-order valence-electron chi connectivity index (χ2n) is 6.14. The predicted molar refractivity (Wildman–Crippen MR) is 109 cm³/mol. The molecule has 6 heteroatoms. The lowest BCUT2D eigenvalue weighted by Gasteiger charge is -2.11. The van der Waals surface area contributed by atoms with Crippen LogP contribution in [0.1, 0.15) is 21.5 Å². The fourth-order valence-electron chi connectivity index (χ4n) is 2.70. The molecule has 1 aromatic heterocycles. The number of benzene rings is 2. The Morgan fingerprint density at radius 1 is 0.893 bits per heavy atom. The van der Waals surface area contributed by atoms with E-state index in [2.05, 4.69) is 15.6 Å². The topological polar surface area (TPSA) is 72.5 Å². The zero-order valence-electron chi connectivity index (χ0n) is 15.9. The van der Waals surface area contributed by atoms with Gasteiger partial charge in [0.25, 0.3) is 5.91 Å². The predicted octanol–water partition coefficient (Wildman–Crippen LogP) is 3.64. The first-order chi connectivity index (χ1) is 13.7. The summed E-state index contributed by atoms with van der Waals surface area (Å²) >= 11 is 0. The Labute approximate surface area is 164 Å². The van der Waals surface area contributed by atoms with Crippen LogP contribution < -0.4 is 20.1 Å². The molecule has 0 radical (unpaired) electrons. The van der Waals surface area contributed by atoms with Gasteiger partial charge in [-0.3, -0.25) is 4.79 Å². The average Bonchev–Trinajstić information content (AvgIpc) is 2.76. The molecule has 3 aromatic rings. The first-order valence-electron chi connectivity index (χ1n) is 8.92. The number of ether oxygens (including phenoxy) is 2. The van der Waals surface area contributed by atoms with Crippen LogP contribution in [-0.2, 0) is 13.1 Å². The van der Waals surface area contributed by atoms with E-state index in [4.69, 9.17) is 9.47 Å². The Balaban J connectivity index is 1.54. The molecule has 0 fully saturated rings. The Bertz CT molecular complexity index is 912. The summed E-state index contributed by atoms with van der Waals surface area (Å²) in [6.45, 7) is 1.06. The lowest BCUT2D eigenvalue weighted by molar-refractivity contribution is 0.0950. The van der Waals surface area contributed by atoms with Crippen molar-refractivity contribution >= 4 is 11.7 Å². The summed E-state index contributed by atoms with van der Waals surface area (Å²) in [5.41, 5.74) is 2.59. The van der Waals surface area contributed by atoms with Gasteiger partial charge in [0, 0.05) is 19.3 Å². The van der Waals surface area contributed by atoms with E-state index in [0.717, 1.165) is 11.4 Å². The van der Waals surface area contributed by atoms with Gasteiger partial charge in [0.1, 0.15) is 5.82 Å². The molecule has 144 valence electrons. The molecule has 1 heterocycles. The molecule has 28 heavy (non-hydrogen) atoms. The maximum atomic E-state index is 12.4. The number of aromatic nitrogens is 1. The number of nitrogens with one attached hydrogen (secondary N) is 2. The third-order valence-corrected chi connectivity index (χ3v) is 4.24. The van der Waals surface area contributed by atoms with Crippen molar-refractivity contribution in [1.82, 2.24) is 10.3 Å². The molecule has 0 saturated heterocycles. The van der Waals surface area contributed by atoms with E-state index in [0.29, 0.717) is 30.2 Å². The molecule has 0 atom stereocenters. The van der Waals surface area contributed by atoms with Crippen molar-refractivity contribution in [1.29, 1.82) is 0 Å². The minimum Gasteiger partial charge on any atom is -0.493 e. The number of carbonyl (C=O) groups is 1. The maximum absolute atomic E-state index is 12.4. The van der Waals surface area contributed by atoms with Gasteiger partial charge in [-0.1, -0.05) is 36.4 Å². The van der Waals surface area contributed by atoms with E-state index in [1.54, 1.807) is 32.5 Å². The van der Waals surface area contributed by atoms with Crippen LogP contribution in [0.3, 0.4) is 0 Å². The van der Waals surface area contributed by atoms with Gasteiger partial charge in [0.05, 0.1) is 19.8 Å². The molecule has 3 rings (SSSR count). The Morgan fingerprint density at radius 2 is 1.68 bits per heavy atom. The van der Waals surface area contributed by atoms with Crippen LogP contribution in [-0.4, -0.2) is 25.1 Å². The summed E-state index contributed by atoms with van der Waals surface area (Å²) in [7, 11) is 3.17. The summed E-state index contributed by atoms with van der Waals surface area (Å²) in [6.07, 6.45) is 1.57. The minimum atomic E-state index is -0.183. The normalized spacial score (nSPS) is 10.2. The molecule has 0 bridgehead atoms. The van der Waals surface area contributed by atoms with Gasteiger partial charge in [0.15, 0.2) is 11.5 Å². The number of nitrogens with zero attached hydrogens (tertiary/aromatic N) is 1. The highest BCUT2D eigenvalue weighted by Crippen LogP contribution is 2.27. The van der Waals surface area contributed by atoms with Gasteiger partial charge in [0.2, 0.25) is 0 Å². The highest BCUT2D eigenvalue weighted by Gasteiger charge is 2.08. The number of hydrogen-bond acceptors (Lipinski definition) is 5. The molecule has 0 aliphatic carbocycles. The molecule has 0 aliphatic rings. The Morgan fingerprint density at radius 3 is 2.36 bits per heavy atom. The fourth-order valence-corrected chi connectivity index (χ4v) is 2.70. The van der Waals surface area contributed by atoms with Crippen molar-refractivity contribution in [3.05, 3.63) is 83.6 Å². The van der Waals surface area contributed by atoms with Crippen LogP contribution in [0.25, 0.3) is 0 Å². The summed E-state index contributed by atoms with van der Waals surface area (Å²) in [6, 6.07) is 19.2. The number of hydrogen-bond donors (Lipinski definition) is 2. The van der Waals surface area contributed by atoms with Crippen LogP contribution in [0, 0.1) is 0 Å². The molecule has 0 spiro atoms. The second-order valence-corrected chi connectivity index (χ2v) is 6.14. The van der Waals surface area contributed by atoms with E-state index < -0.39 is 0 Å². The van der Waals surface area contributed by atoms with Gasteiger partial charge in [-0.25, -0.2) is 4.98 Å². The minimum absolute atomic E-state index is 0.183. The molecule has 1 amide bonds. The first-order valence-corrected chi connectivity index (χ1v) is 8.92. The molecule has 2 N–H and O–H groups in total. The van der Waals surface area contributed by atoms with E-state index in [9.17, 15) is 4.79 Å². The van der Waals surface area contributed by atoms with Gasteiger partial charge >= 0.3 is 0 Å². The van der Waals surface area contributed by atoms with Crippen molar-refractivity contribution in [2.45, 2.75) is 13.1 Å². The average molecular weight is 377 g/mol. The highest BCUT2D eigenvalue weighted by atomic mass is 16.5. The number of pyridine rings is 1. The summed E-state index contributed by atoms with van der Waals surface area (Å²) in [5, 5.41) is 6.13. The lowest BCUT2D eigenvalue weighted by Crippen LogP contribution is -2.23. The van der Waals surface area contributed by atoms with E-state index in [1.807, 2.05) is 48.5 Å². The van der Waals surface area contributed by atoms with Crippen LogP contribution in [0.15, 0.2) is 66.9 Å². The van der Waals surface area contributed by atoms with E-state index >= 15 is 0 Å². The largest absolute Gasteiger partial charge is 0.493 e. The van der Waals surface area contributed by atoms with E-state index in [1.165, 1.54) is 5.56 Å². The smallest absolute Gasteiger partial charge is 0.253 e. The number of rotatable bonds is 8. The third-order valence-electron chi connectivity index (χ3n) is 4.24. The summed E-state index contributed by atoms with van der Waals surface area (Å²) in [5.74, 6) is 1.82. The lowest BCUT2D eigenvalue weighted by atomic mass is 10.2. The van der Waals surface area contributed by atoms with Crippen LogP contribution in [0.5, 0.6) is 11.5 Å². The monoisotopic (exact) mass is 377 g/mol. The van der Waals surface area contributed by atoms with Gasteiger partial charge in [-0.05, 0) is 35.4 Å². The number of anilines is 1. The zero-order valence-corrected chi connectivity index (χ0v) is 15.9. The molecule has 2 aromatic carbocycles. The standard InChI is InChI=1S/C22H23N3O3/c1-27-19-10-8-17(12-20(19)28-2)14-25-22(26)18-9-11-21(24-15-18)23-13-16-6-4-3-5-7-16/h3-12,15H,13-14H2,1-2H3,(H,23,24)(H,25,26). The Hall–Kier alpha value is -3.54. The summed E-state index contributed by atoms with van der Waals surface area (Å²) in [4.78, 5) is 16.7. The van der Waals surface area contributed by atoms with E-state index in [-0.39, 0.29) is 5.91 Å². The molecule has 6 nitrogen and oxygen atoms in total. The quantitative estimate of drug-likeness (QED) is 0.627. The fraction of sp³-hybridized carbons (Fsp3) is 0.182. The maximum Gasteiger partial charge on any atom is 0.253 e. The second kappa shape index (κ2) is 9.41. The van der Waals surface area contributed by atoms with Crippen molar-refractivity contribution in [2.24, 2.45) is 0 Å². The number of carbonyl (C=O) groups excluding carboxylic acids is 1. The SMILES string of the molecule is COc1ccc(CNC(=O)c2ccc(NCc3ccccc3)nc2)cc1OC. The van der Waals surface area contributed by atoms with Crippen molar-refractivity contribution < 1.29 is 14.3 Å².